The van der Waals surface area contributed by atoms with Crippen LogP contribution >= 0.6 is 11.6 Å². The number of methoxy groups -OCH3 is 2. The minimum Gasteiger partial charge on any atom is -0.496 e. The molecule has 0 bridgehead atoms. The topological polar surface area (TPSA) is 103 Å². The molecule has 29 heavy (non-hydrogen) atoms. The SMILES string of the molecule is COc1ccc(NC(=O)[C@@H](C)OC(=O)CNC(=O)c2ccccc2OC)cc1Cl. The molecule has 0 aliphatic rings. The number of benzene rings is 2. The zero-order chi connectivity index (χ0) is 21.4. The van der Waals surface area contributed by atoms with Gasteiger partial charge in [0, 0.05) is 5.69 Å². The van der Waals surface area contributed by atoms with Crippen LogP contribution in [0.15, 0.2) is 42.5 Å². The molecule has 154 valence electrons. The number of esters is 1. The molecule has 1 atom stereocenters. The summed E-state index contributed by atoms with van der Waals surface area (Å²) in [6.07, 6.45) is -1.08. The number of nitrogens with one attached hydrogen (secondary N) is 2. The molecule has 8 nitrogen and oxygen atoms in total. The molecular formula is C20H21ClN2O6. The smallest absolute Gasteiger partial charge is 0.326 e. The van der Waals surface area contributed by atoms with Crippen molar-refractivity contribution in [2.75, 3.05) is 26.1 Å². The Balaban J connectivity index is 1.85. The van der Waals surface area contributed by atoms with Crippen molar-refractivity contribution in [1.29, 1.82) is 0 Å². The van der Waals surface area contributed by atoms with Crippen LogP contribution in [0.4, 0.5) is 5.69 Å². The maximum absolute atomic E-state index is 12.2. The number of hydrogen-bond donors (Lipinski definition) is 2. The highest BCUT2D eigenvalue weighted by Crippen LogP contribution is 2.27. The van der Waals surface area contributed by atoms with Crippen LogP contribution in [0.1, 0.15) is 17.3 Å². The first-order valence-corrected chi connectivity index (χ1v) is 8.98. The maximum atomic E-state index is 12.2. The molecule has 0 saturated carbocycles. The summed E-state index contributed by atoms with van der Waals surface area (Å²) in [5, 5.41) is 5.34. The average Bonchev–Trinajstić information content (AvgIpc) is 2.72. The maximum Gasteiger partial charge on any atom is 0.326 e. The largest absolute Gasteiger partial charge is 0.496 e. The number of halogens is 1. The van der Waals surface area contributed by atoms with Crippen LogP contribution in [0.2, 0.25) is 5.02 Å². The summed E-state index contributed by atoms with van der Waals surface area (Å²) in [5.41, 5.74) is 0.707. The number of carbonyl (C=O) groups excluding carboxylic acids is 3. The Morgan fingerprint density at radius 1 is 1.03 bits per heavy atom. The van der Waals surface area contributed by atoms with Crippen LogP contribution in [0.5, 0.6) is 11.5 Å². The van der Waals surface area contributed by atoms with Gasteiger partial charge < -0.3 is 24.8 Å². The van der Waals surface area contributed by atoms with Crippen molar-refractivity contribution in [2.45, 2.75) is 13.0 Å². The van der Waals surface area contributed by atoms with E-state index in [2.05, 4.69) is 10.6 Å². The van der Waals surface area contributed by atoms with Crippen LogP contribution < -0.4 is 20.1 Å². The molecule has 0 aliphatic heterocycles. The third-order valence-electron chi connectivity index (χ3n) is 3.84. The molecule has 2 rings (SSSR count). The van der Waals surface area contributed by atoms with E-state index < -0.39 is 30.4 Å². The Morgan fingerprint density at radius 3 is 2.38 bits per heavy atom. The molecule has 0 heterocycles. The van der Waals surface area contributed by atoms with E-state index in [1.54, 1.807) is 36.4 Å². The van der Waals surface area contributed by atoms with Crippen molar-refractivity contribution >= 4 is 35.1 Å². The van der Waals surface area contributed by atoms with E-state index in [4.69, 9.17) is 25.8 Å². The zero-order valence-electron chi connectivity index (χ0n) is 16.2. The van der Waals surface area contributed by atoms with Crippen LogP contribution in [-0.4, -0.2) is 44.7 Å². The average molecular weight is 421 g/mol. The van der Waals surface area contributed by atoms with Gasteiger partial charge in [-0.05, 0) is 37.3 Å². The van der Waals surface area contributed by atoms with Gasteiger partial charge >= 0.3 is 5.97 Å². The number of para-hydroxylation sites is 1. The minimum absolute atomic E-state index is 0.282. The van der Waals surface area contributed by atoms with E-state index in [1.165, 1.54) is 27.2 Å². The first-order chi connectivity index (χ1) is 13.8. The van der Waals surface area contributed by atoms with E-state index in [0.29, 0.717) is 22.2 Å². The number of rotatable bonds is 8. The molecule has 0 radical (unpaired) electrons. The monoisotopic (exact) mass is 420 g/mol. The van der Waals surface area contributed by atoms with Crippen LogP contribution in [0, 0.1) is 0 Å². The van der Waals surface area contributed by atoms with E-state index in [9.17, 15) is 14.4 Å². The van der Waals surface area contributed by atoms with Gasteiger partial charge in [-0.2, -0.15) is 0 Å². The molecule has 9 heteroatoms. The quantitative estimate of drug-likeness (QED) is 0.636. The summed E-state index contributed by atoms with van der Waals surface area (Å²) in [6, 6.07) is 11.3. The molecule has 2 aromatic carbocycles. The molecule has 0 saturated heterocycles. The predicted octanol–water partition coefficient (Wildman–Crippen LogP) is 2.66. The summed E-state index contributed by atoms with van der Waals surface area (Å²) in [4.78, 5) is 36.3. The molecule has 0 fully saturated rings. The number of anilines is 1. The first-order valence-electron chi connectivity index (χ1n) is 8.60. The minimum atomic E-state index is -1.08. The number of ether oxygens (including phenoxy) is 3. The van der Waals surface area contributed by atoms with Gasteiger partial charge in [0.1, 0.15) is 18.0 Å². The molecule has 2 N–H and O–H groups in total. The number of carbonyl (C=O) groups is 3. The lowest BCUT2D eigenvalue weighted by atomic mass is 10.2. The van der Waals surface area contributed by atoms with Gasteiger partial charge in [0.25, 0.3) is 11.8 Å². The van der Waals surface area contributed by atoms with Gasteiger partial charge in [-0.25, -0.2) is 0 Å². The van der Waals surface area contributed by atoms with E-state index >= 15 is 0 Å². The van der Waals surface area contributed by atoms with E-state index in [0.717, 1.165) is 0 Å². The lowest BCUT2D eigenvalue weighted by Crippen LogP contribution is -2.36. The summed E-state index contributed by atoms with van der Waals surface area (Å²) in [6.45, 7) is 1.02. The van der Waals surface area contributed by atoms with Crippen molar-refractivity contribution in [3.05, 3.63) is 53.1 Å². The fraction of sp³-hybridized carbons (Fsp3) is 0.250. The highest BCUT2D eigenvalue weighted by molar-refractivity contribution is 6.32. The van der Waals surface area contributed by atoms with Gasteiger partial charge in [0.2, 0.25) is 0 Å². The van der Waals surface area contributed by atoms with Crippen molar-refractivity contribution in [2.24, 2.45) is 0 Å². The lowest BCUT2D eigenvalue weighted by Gasteiger charge is -2.14. The Kier molecular flexibility index (Phi) is 7.85. The van der Waals surface area contributed by atoms with Gasteiger partial charge in [0.15, 0.2) is 6.10 Å². The molecule has 2 amide bonds. The van der Waals surface area contributed by atoms with Crippen molar-refractivity contribution in [3.8, 4) is 11.5 Å². The van der Waals surface area contributed by atoms with Gasteiger partial charge in [-0.15, -0.1) is 0 Å². The normalized spacial score (nSPS) is 11.2. The fourth-order valence-corrected chi connectivity index (χ4v) is 2.62. The van der Waals surface area contributed by atoms with Crippen LogP contribution in [0.3, 0.4) is 0 Å². The lowest BCUT2D eigenvalue weighted by molar-refractivity contribution is -0.152. The molecule has 0 aromatic heterocycles. The molecular weight excluding hydrogens is 400 g/mol. The van der Waals surface area contributed by atoms with Crippen molar-refractivity contribution in [3.63, 3.8) is 0 Å². The second kappa shape index (κ2) is 10.3. The van der Waals surface area contributed by atoms with Crippen LogP contribution in [-0.2, 0) is 14.3 Å². The zero-order valence-corrected chi connectivity index (χ0v) is 16.9. The molecule has 0 unspecified atom stereocenters. The standard InChI is InChI=1S/C20H21ClN2O6/c1-12(19(25)23-13-8-9-17(28-3)15(21)10-13)29-18(24)11-22-20(26)14-6-4-5-7-16(14)27-2/h4-10,12H,11H2,1-3H3,(H,22,26)(H,23,25)/t12-/m1/s1. The Morgan fingerprint density at radius 2 is 1.72 bits per heavy atom. The third-order valence-corrected chi connectivity index (χ3v) is 4.14. The molecule has 0 spiro atoms. The second-order valence-corrected chi connectivity index (χ2v) is 6.26. The number of hydrogen-bond acceptors (Lipinski definition) is 6. The van der Waals surface area contributed by atoms with E-state index in [-0.39, 0.29) is 5.56 Å². The summed E-state index contributed by atoms with van der Waals surface area (Å²) in [5.74, 6) is -0.956. The Bertz CT molecular complexity index is 902. The van der Waals surface area contributed by atoms with Crippen LogP contribution in [0.25, 0.3) is 0 Å². The summed E-state index contributed by atoms with van der Waals surface area (Å²) < 4.78 is 15.2. The molecule has 2 aromatic rings. The third kappa shape index (κ3) is 6.11. The number of amides is 2. The highest BCUT2D eigenvalue weighted by atomic mass is 35.5. The first kappa shape index (κ1) is 22.0. The van der Waals surface area contributed by atoms with Crippen molar-refractivity contribution in [1.82, 2.24) is 5.32 Å². The summed E-state index contributed by atoms with van der Waals surface area (Å²) in [7, 11) is 2.92. The fourth-order valence-electron chi connectivity index (χ4n) is 2.36. The van der Waals surface area contributed by atoms with E-state index in [1.807, 2.05) is 0 Å². The second-order valence-electron chi connectivity index (χ2n) is 5.85. The van der Waals surface area contributed by atoms with Gasteiger partial charge in [-0.3, -0.25) is 14.4 Å². The molecule has 0 aliphatic carbocycles. The van der Waals surface area contributed by atoms with Crippen molar-refractivity contribution < 1.29 is 28.6 Å². The Labute approximate surface area is 173 Å². The van der Waals surface area contributed by atoms with Gasteiger partial charge in [-0.1, -0.05) is 23.7 Å². The predicted molar refractivity (Wildman–Crippen MR) is 108 cm³/mol. The Hall–Kier alpha value is -3.26. The summed E-state index contributed by atoms with van der Waals surface area (Å²) >= 11 is 6.01. The van der Waals surface area contributed by atoms with Gasteiger partial charge in [0.05, 0.1) is 24.8 Å². The highest BCUT2D eigenvalue weighted by Gasteiger charge is 2.19.